The molecule has 0 fully saturated rings. The summed E-state index contributed by atoms with van der Waals surface area (Å²) in [5, 5.41) is 8.24. The number of halogens is 1. The maximum atomic E-state index is 12.3. The second kappa shape index (κ2) is 7.84. The van der Waals surface area contributed by atoms with Crippen molar-refractivity contribution in [1.29, 1.82) is 0 Å². The fourth-order valence-electron chi connectivity index (χ4n) is 2.67. The summed E-state index contributed by atoms with van der Waals surface area (Å²) in [7, 11) is 1.54. The first-order valence-corrected chi connectivity index (χ1v) is 8.93. The monoisotopic (exact) mass is 388 g/mol. The topological polar surface area (TPSA) is 71.2 Å². The van der Waals surface area contributed by atoms with E-state index in [0.717, 1.165) is 15.8 Å². The third kappa shape index (κ3) is 3.83. The highest BCUT2D eigenvalue weighted by atomic mass is 35.5. The first kappa shape index (κ1) is 19.0. The van der Waals surface area contributed by atoms with Crippen molar-refractivity contribution in [2.75, 3.05) is 6.61 Å². The van der Waals surface area contributed by atoms with E-state index in [4.69, 9.17) is 21.1 Å². The first-order valence-electron chi connectivity index (χ1n) is 8.56. The van der Waals surface area contributed by atoms with Crippen molar-refractivity contribution in [1.82, 2.24) is 19.8 Å². The highest BCUT2D eigenvalue weighted by molar-refractivity contribution is 6.32. The summed E-state index contributed by atoms with van der Waals surface area (Å²) in [6.45, 7) is 6.53. The minimum atomic E-state index is -0.353. The van der Waals surface area contributed by atoms with Gasteiger partial charge in [0.2, 0.25) is 0 Å². The van der Waals surface area contributed by atoms with Crippen LogP contribution in [0, 0.1) is 13.8 Å². The Labute approximate surface area is 162 Å². The Bertz CT molecular complexity index is 1030. The van der Waals surface area contributed by atoms with E-state index in [1.165, 1.54) is 4.68 Å². The van der Waals surface area contributed by atoms with Crippen LogP contribution in [0.4, 0.5) is 0 Å². The van der Waals surface area contributed by atoms with Crippen molar-refractivity contribution in [3.63, 3.8) is 0 Å². The van der Waals surface area contributed by atoms with Crippen LogP contribution < -0.4 is 15.2 Å². The van der Waals surface area contributed by atoms with Crippen LogP contribution in [0.15, 0.2) is 35.1 Å². The molecule has 3 aromatic rings. The van der Waals surface area contributed by atoms with Gasteiger partial charge in [-0.15, -0.1) is 0 Å². The van der Waals surface area contributed by atoms with Gasteiger partial charge in [0.25, 0.3) is 0 Å². The Morgan fingerprint density at radius 3 is 2.48 bits per heavy atom. The van der Waals surface area contributed by atoms with E-state index in [1.54, 1.807) is 19.2 Å². The maximum Gasteiger partial charge on any atom is 0.368 e. The van der Waals surface area contributed by atoms with Gasteiger partial charge in [0.1, 0.15) is 18.1 Å². The number of tetrazole rings is 1. The molecule has 1 heterocycles. The number of rotatable bonds is 6. The number of nitrogens with zero attached hydrogens (tertiary/aromatic N) is 4. The summed E-state index contributed by atoms with van der Waals surface area (Å²) in [4.78, 5) is 12.3. The SMILES string of the molecule is CCOc1cccc(-n2nnn(C)c2=O)c1COc1cc(C)c(C)cc1Cl. The second-order valence-corrected chi connectivity index (χ2v) is 6.55. The molecule has 0 aliphatic heterocycles. The van der Waals surface area contributed by atoms with Gasteiger partial charge < -0.3 is 9.47 Å². The Balaban J connectivity index is 2.02. The predicted molar refractivity (Wildman–Crippen MR) is 103 cm³/mol. The van der Waals surface area contributed by atoms with Crippen LogP contribution in [-0.4, -0.2) is 26.4 Å². The van der Waals surface area contributed by atoms with Crippen LogP contribution >= 0.6 is 11.6 Å². The molecule has 7 nitrogen and oxygen atoms in total. The number of ether oxygens (including phenoxy) is 2. The van der Waals surface area contributed by atoms with Gasteiger partial charge in [-0.2, -0.15) is 9.36 Å². The molecule has 2 aromatic carbocycles. The zero-order valence-corrected chi connectivity index (χ0v) is 16.4. The largest absolute Gasteiger partial charge is 0.493 e. The quantitative estimate of drug-likeness (QED) is 0.648. The van der Waals surface area contributed by atoms with Crippen molar-refractivity contribution in [2.24, 2.45) is 7.05 Å². The van der Waals surface area contributed by atoms with Crippen molar-refractivity contribution in [3.8, 4) is 17.2 Å². The van der Waals surface area contributed by atoms with Crippen molar-refractivity contribution in [2.45, 2.75) is 27.4 Å². The van der Waals surface area contributed by atoms with Gasteiger partial charge >= 0.3 is 5.69 Å². The molecule has 0 bridgehead atoms. The maximum absolute atomic E-state index is 12.3. The zero-order chi connectivity index (χ0) is 19.6. The lowest BCUT2D eigenvalue weighted by molar-refractivity contribution is 0.285. The molecule has 0 saturated carbocycles. The van der Waals surface area contributed by atoms with E-state index >= 15 is 0 Å². The van der Waals surface area contributed by atoms with Gasteiger partial charge in [-0.1, -0.05) is 17.7 Å². The average molecular weight is 389 g/mol. The molecule has 0 saturated heterocycles. The molecule has 0 spiro atoms. The Kier molecular flexibility index (Phi) is 5.51. The molecule has 0 unspecified atom stereocenters. The second-order valence-electron chi connectivity index (χ2n) is 6.14. The highest BCUT2D eigenvalue weighted by Crippen LogP contribution is 2.31. The summed E-state index contributed by atoms with van der Waals surface area (Å²) < 4.78 is 14.1. The minimum absolute atomic E-state index is 0.163. The summed E-state index contributed by atoms with van der Waals surface area (Å²) in [6, 6.07) is 9.17. The molecule has 8 heteroatoms. The number of aromatic nitrogens is 4. The first-order chi connectivity index (χ1) is 12.9. The lowest BCUT2D eigenvalue weighted by Crippen LogP contribution is -2.23. The Morgan fingerprint density at radius 2 is 1.81 bits per heavy atom. The molecular weight excluding hydrogens is 368 g/mol. The van der Waals surface area contributed by atoms with Crippen LogP contribution in [0.2, 0.25) is 5.02 Å². The van der Waals surface area contributed by atoms with Gasteiger partial charge in [0.05, 0.1) is 22.9 Å². The summed E-state index contributed by atoms with van der Waals surface area (Å²) in [5.74, 6) is 1.19. The van der Waals surface area contributed by atoms with E-state index in [-0.39, 0.29) is 12.3 Å². The third-order valence-corrected chi connectivity index (χ3v) is 4.57. The van der Waals surface area contributed by atoms with Crippen molar-refractivity contribution >= 4 is 11.6 Å². The van der Waals surface area contributed by atoms with Gasteiger partial charge in [0, 0.05) is 7.05 Å². The fraction of sp³-hybridized carbons (Fsp3) is 0.316. The van der Waals surface area contributed by atoms with E-state index < -0.39 is 0 Å². The van der Waals surface area contributed by atoms with Gasteiger partial charge in [-0.25, -0.2) is 4.79 Å². The summed E-state index contributed by atoms with van der Waals surface area (Å²) in [6.07, 6.45) is 0. The van der Waals surface area contributed by atoms with Crippen LogP contribution in [-0.2, 0) is 13.7 Å². The van der Waals surface area contributed by atoms with Gasteiger partial charge in [-0.3, -0.25) is 0 Å². The normalized spacial score (nSPS) is 10.9. The van der Waals surface area contributed by atoms with Gasteiger partial charge in [-0.05, 0) is 66.6 Å². The van der Waals surface area contributed by atoms with Crippen molar-refractivity contribution in [3.05, 3.63) is 62.5 Å². The molecule has 27 heavy (non-hydrogen) atoms. The van der Waals surface area contributed by atoms with E-state index in [1.807, 2.05) is 39.0 Å². The van der Waals surface area contributed by atoms with E-state index in [0.29, 0.717) is 34.4 Å². The summed E-state index contributed by atoms with van der Waals surface area (Å²) in [5.41, 5.74) is 3.07. The Hall–Kier alpha value is -2.80. The molecule has 0 amide bonds. The molecule has 142 valence electrons. The molecule has 0 aliphatic carbocycles. The predicted octanol–water partition coefficient (Wildman–Crippen LogP) is 3.21. The van der Waals surface area contributed by atoms with Gasteiger partial charge in [0.15, 0.2) is 0 Å². The number of hydrogen-bond donors (Lipinski definition) is 0. The summed E-state index contributed by atoms with van der Waals surface area (Å²) >= 11 is 6.32. The average Bonchev–Trinajstić information content (AvgIpc) is 2.97. The molecule has 0 atom stereocenters. The lowest BCUT2D eigenvalue weighted by Gasteiger charge is -2.16. The molecular formula is C19H21ClN4O3. The fourth-order valence-corrected chi connectivity index (χ4v) is 2.94. The minimum Gasteiger partial charge on any atom is -0.493 e. The molecule has 1 aromatic heterocycles. The van der Waals surface area contributed by atoms with Crippen LogP contribution in [0.3, 0.4) is 0 Å². The zero-order valence-electron chi connectivity index (χ0n) is 15.7. The number of benzene rings is 2. The third-order valence-electron chi connectivity index (χ3n) is 4.28. The molecule has 0 aliphatic rings. The van der Waals surface area contributed by atoms with Crippen molar-refractivity contribution < 1.29 is 9.47 Å². The molecule has 0 radical (unpaired) electrons. The number of aryl methyl sites for hydroxylation is 3. The van der Waals surface area contributed by atoms with Crippen LogP contribution in [0.5, 0.6) is 11.5 Å². The standard InChI is InChI=1S/C19H21ClN4O3/c1-5-26-17-8-6-7-16(24-19(25)23(4)21-22-24)14(17)11-27-18-10-13(3)12(2)9-15(18)20/h6-10H,5,11H2,1-4H3. The molecule has 3 rings (SSSR count). The van der Waals surface area contributed by atoms with Crippen LogP contribution in [0.1, 0.15) is 23.6 Å². The smallest absolute Gasteiger partial charge is 0.368 e. The van der Waals surface area contributed by atoms with E-state index in [2.05, 4.69) is 10.4 Å². The Morgan fingerprint density at radius 1 is 1.07 bits per heavy atom. The van der Waals surface area contributed by atoms with Crippen LogP contribution in [0.25, 0.3) is 5.69 Å². The van der Waals surface area contributed by atoms with E-state index in [9.17, 15) is 4.79 Å². The highest BCUT2D eigenvalue weighted by Gasteiger charge is 2.17. The number of hydrogen-bond acceptors (Lipinski definition) is 5. The lowest BCUT2D eigenvalue weighted by atomic mass is 10.1. The molecule has 0 N–H and O–H groups in total.